The van der Waals surface area contributed by atoms with Crippen molar-refractivity contribution >= 4 is 0 Å². The molecule has 0 fully saturated rings. The zero-order valence-electron chi connectivity index (χ0n) is 24.7. The first-order valence-corrected chi connectivity index (χ1v) is 16.5. The summed E-state index contributed by atoms with van der Waals surface area (Å²) < 4.78 is 0. The molecule has 0 saturated carbocycles. The lowest BCUT2D eigenvalue weighted by Gasteiger charge is -2.33. The maximum Gasteiger partial charge on any atom is 0.101 e. The summed E-state index contributed by atoms with van der Waals surface area (Å²) in [5.74, 6) is 0. The Morgan fingerprint density at radius 2 is 0.657 bits per heavy atom. The van der Waals surface area contributed by atoms with Crippen molar-refractivity contribution in [3.05, 3.63) is 12.4 Å². The van der Waals surface area contributed by atoms with Gasteiger partial charge in [0.1, 0.15) is 6.17 Å². The summed E-state index contributed by atoms with van der Waals surface area (Å²) in [7, 11) is 0. The molecule has 1 aliphatic rings. The first kappa shape index (κ1) is 32.4. The second-order valence-corrected chi connectivity index (χ2v) is 11.5. The van der Waals surface area contributed by atoms with Crippen LogP contribution in [-0.2, 0) is 0 Å². The van der Waals surface area contributed by atoms with Crippen molar-refractivity contribution in [1.82, 2.24) is 9.80 Å². The summed E-state index contributed by atoms with van der Waals surface area (Å²) in [6.45, 7) is 9.46. The number of hydrogen-bond donors (Lipinski definition) is 0. The molecule has 0 aliphatic carbocycles. The molecule has 0 N–H and O–H groups in total. The second-order valence-electron chi connectivity index (χ2n) is 11.5. The zero-order valence-corrected chi connectivity index (χ0v) is 24.7. The van der Waals surface area contributed by atoms with E-state index in [1.54, 1.807) is 0 Å². The van der Waals surface area contributed by atoms with Crippen molar-refractivity contribution in [2.75, 3.05) is 13.1 Å². The molecule has 2 heteroatoms. The summed E-state index contributed by atoms with van der Waals surface area (Å²) in [4.78, 5) is 5.39. The molecule has 1 aliphatic heterocycles. The van der Waals surface area contributed by atoms with E-state index in [9.17, 15) is 0 Å². The normalized spacial score (nSPS) is 15.6. The largest absolute Gasteiger partial charge is 0.356 e. The minimum Gasteiger partial charge on any atom is -0.356 e. The Hall–Kier alpha value is -0.660. The molecule has 1 rings (SSSR count). The molecule has 0 aromatic heterocycles. The van der Waals surface area contributed by atoms with Crippen LogP contribution in [-0.4, -0.2) is 29.1 Å². The Morgan fingerprint density at radius 3 is 1.00 bits per heavy atom. The van der Waals surface area contributed by atoms with Gasteiger partial charge in [-0.15, -0.1) is 0 Å². The van der Waals surface area contributed by atoms with Crippen molar-refractivity contribution in [3.8, 4) is 0 Å². The van der Waals surface area contributed by atoms with Crippen LogP contribution in [0.25, 0.3) is 0 Å². The quantitative estimate of drug-likeness (QED) is 0.106. The van der Waals surface area contributed by atoms with Gasteiger partial charge in [0.05, 0.1) is 0 Å². The fraction of sp³-hybridized carbons (Fsp3) is 0.939. The van der Waals surface area contributed by atoms with Gasteiger partial charge in [-0.25, -0.2) is 0 Å². The Labute approximate surface area is 222 Å². The topological polar surface area (TPSA) is 6.48 Å². The summed E-state index contributed by atoms with van der Waals surface area (Å²) in [6, 6.07) is 0. The van der Waals surface area contributed by atoms with Gasteiger partial charge in [-0.05, 0) is 25.7 Å². The molecule has 208 valence electrons. The van der Waals surface area contributed by atoms with Gasteiger partial charge in [0, 0.05) is 25.5 Å². The van der Waals surface area contributed by atoms with E-state index < -0.39 is 0 Å². The molecular formula is C33H66N2. The van der Waals surface area contributed by atoms with Crippen LogP contribution in [0.15, 0.2) is 12.4 Å². The van der Waals surface area contributed by atoms with Gasteiger partial charge in [-0.2, -0.15) is 0 Å². The van der Waals surface area contributed by atoms with Crippen LogP contribution in [0.5, 0.6) is 0 Å². The van der Waals surface area contributed by atoms with Gasteiger partial charge in [0.2, 0.25) is 0 Å². The first-order chi connectivity index (χ1) is 17.3. The molecule has 0 amide bonds. The Bertz CT molecular complexity index is 446. The van der Waals surface area contributed by atoms with Crippen molar-refractivity contribution in [2.45, 2.75) is 187 Å². The average molecular weight is 491 g/mol. The molecule has 0 aromatic carbocycles. The van der Waals surface area contributed by atoms with E-state index in [2.05, 4.69) is 43.0 Å². The SMILES string of the molecule is CCCCCCCCCCCCCC1N(CCCCCCCC)C=CN1CCCCCCCCC. The third-order valence-electron chi connectivity index (χ3n) is 8.07. The summed E-state index contributed by atoms with van der Waals surface area (Å²) in [5.41, 5.74) is 0. The minimum absolute atomic E-state index is 0.643. The molecule has 1 unspecified atom stereocenters. The van der Waals surface area contributed by atoms with E-state index in [0.717, 1.165) is 0 Å². The minimum atomic E-state index is 0.643. The highest BCUT2D eigenvalue weighted by molar-refractivity contribution is 4.97. The molecule has 0 aromatic rings. The van der Waals surface area contributed by atoms with Crippen LogP contribution in [0.2, 0.25) is 0 Å². The van der Waals surface area contributed by atoms with Crippen LogP contribution in [0.4, 0.5) is 0 Å². The Morgan fingerprint density at radius 1 is 0.371 bits per heavy atom. The highest BCUT2D eigenvalue weighted by Crippen LogP contribution is 2.24. The molecular weight excluding hydrogens is 424 g/mol. The van der Waals surface area contributed by atoms with Crippen molar-refractivity contribution in [3.63, 3.8) is 0 Å². The smallest absolute Gasteiger partial charge is 0.101 e. The molecule has 1 atom stereocenters. The van der Waals surface area contributed by atoms with E-state index >= 15 is 0 Å². The van der Waals surface area contributed by atoms with Crippen molar-refractivity contribution < 1.29 is 0 Å². The van der Waals surface area contributed by atoms with Gasteiger partial charge in [0.25, 0.3) is 0 Å². The molecule has 0 bridgehead atoms. The van der Waals surface area contributed by atoms with Crippen molar-refractivity contribution in [1.29, 1.82) is 0 Å². The third-order valence-corrected chi connectivity index (χ3v) is 8.07. The molecule has 0 saturated heterocycles. The predicted octanol–water partition coefficient (Wildman–Crippen LogP) is 11.2. The Balaban J connectivity index is 2.24. The van der Waals surface area contributed by atoms with Crippen molar-refractivity contribution in [2.24, 2.45) is 0 Å². The summed E-state index contributed by atoms with van der Waals surface area (Å²) in [5, 5.41) is 0. The van der Waals surface area contributed by atoms with Crippen LogP contribution in [0.1, 0.15) is 181 Å². The average Bonchev–Trinajstić information content (AvgIpc) is 3.25. The third kappa shape index (κ3) is 18.3. The fourth-order valence-electron chi connectivity index (χ4n) is 5.66. The maximum atomic E-state index is 2.69. The number of rotatable bonds is 27. The van der Waals surface area contributed by atoms with Crippen LogP contribution in [0.3, 0.4) is 0 Å². The lowest BCUT2D eigenvalue weighted by Crippen LogP contribution is -2.39. The predicted molar refractivity (Wildman–Crippen MR) is 159 cm³/mol. The number of unbranched alkanes of at least 4 members (excludes halogenated alkanes) is 21. The summed E-state index contributed by atoms with van der Waals surface area (Å²) in [6.07, 6.45) is 41.0. The van der Waals surface area contributed by atoms with Gasteiger partial charge in [-0.1, -0.05) is 156 Å². The number of hydrogen-bond acceptors (Lipinski definition) is 2. The summed E-state index contributed by atoms with van der Waals surface area (Å²) >= 11 is 0. The second kappa shape index (κ2) is 25.0. The first-order valence-electron chi connectivity index (χ1n) is 16.5. The van der Waals surface area contributed by atoms with Gasteiger partial charge >= 0.3 is 0 Å². The van der Waals surface area contributed by atoms with Crippen LogP contribution >= 0.6 is 0 Å². The Kier molecular flexibility index (Phi) is 23.1. The van der Waals surface area contributed by atoms with Gasteiger partial charge in [0.15, 0.2) is 0 Å². The fourth-order valence-corrected chi connectivity index (χ4v) is 5.66. The highest BCUT2D eigenvalue weighted by Gasteiger charge is 2.24. The van der Waals surface area contributed by atoms with E-state index in [-0.39, 0.29) is 0 Å². The standard InChI is InChI=1S/C33H66N2/c1-4-7-10-13-16-17-18-19-20-22-25-28-33-34(29-26-23-15-12-9-6-3)31-32-35(33)30-27-24-21-14-11-8-5-2/h31-33H,4-30H2,1-3H3. The molecule has 0 spiro atoms. The van der Waals surface area contributed by atoms with Crippen LogP contribution in [0, 0.1) is 0 Å². The van der Waals surface area contributed by atoms with E-state index in [1.165, 1.54) is 174 Å². The van der Waals surface area contributed by atoms with Crippen LogP contribution < -0.4 is 0 Å². The monoisotopic (exact) mass is 491 g/mol. The number of nitrogens with zero attached hydrogens (tertiary/aromatic N) is 2. The van der Waals surface area contributed by atoms with Gasteiger partial charge < -0.3 is 9.80 Å². The zero-order chi connectivity index (χ0) is 25.2. The van der Waals surface area contributed by atoms with E-state index in [0.29, 0.717) is 6.17 Å². The molecule has 0 radical (unpaired) electrons. The maximum absolute atomic E-state index is 2.69. The molecule has 35 heavy (non-hydrogen) atoms. The molecule has 1 heterocycles. The van der Waals surface area contributed by atoms with Gasteiger partial charge in [-0.3, -0.25) is 0 Å². The lowest BCUT2D eigenvalue weighted by atomic mass is 10.0. The molecule has 2 nitrogen and oxygen atoms in total. The van der Waals surface area contributed by atoms with E-state index in [1.807, 2.05) is 0 Å². The lowest BCUT2D eigenvalue weighted by molar-refractivity contribution is 0.135. The van der Waals surface area contributed by atoms with E-state index in [4.69, 9.17) is 0 Å². The highest BCUT2D eigenvalue weighted by atomic mass is 15.4.